The Morgan fingerprint density at radius 1 is 1.64 bits per heavy atom. The molecule has 4 heteroatoms. The lowest BCUT2D eigenvalue weighted by molar-refractivity contribution is 0.0776. The standard InChI is InChI=1S/C10H12N2O2/c1-12(7-4-5-7)10(14)9-8(13)3-2-6-11-9/h2-3,6-7,13H,4-5H2,1H3. The summed E-state index contributed by atoms with van der Waals surface area (Å²) in [6.07, 6.45) is 3.61. The number of amides is 1. The Morgan fingerprint density at radius 3 is 2.93 bits per heavy atom. The number of pyridine rings is 1. The zero-order valence-electron chi connectivity index (χ0n) is 7.97. The zero-order chi connectivity index (χ0) is 10.1. The molecule has 0 atom stereocenters. The molecule has 0 aromatic carbocycles. The summed E-state index contributed by atoms with van der Waals surface area (Å²) in [6.45, 7) is 0. The molecule has 1 saturated carbocycles. The Bertz CT molecular complexity index is 361. The Hall–Kier alpha value is -1.58. The first-order valence-corrected chi connectivity index (χ1v) is 4.61. The molecule has 0 unspecified atom stereocenters. The molecule has 1 aliphatic rings. The van der Waals surface area contributed by atoms with Gasteiger partial charge in [0.15, 0.2) is 5.69 Å². The van der Waals surface area contributed by atoms with Gasteiger partial charge < -0.3 is 10.0 Å². The van der Waals surface area contributed by atoms with E-state index < -0.39 is 0 Å². The van der Waals surface area contributed by atoms with Gasteiger partial charge in [0, 0.05) is 19.3 Å². The van der Waals surface area contributed by atoms with Crippen LogP contribution in [0.3, 0.4) is 0 Å². The van der Waals surface area contributed by atoms with E-state index in [2.05, 4.69) is 4.98 Å². The number of hydrogen-bond acceptors (Lipinski definition) is 3. The molecule has 1 amide bonds. The lowest BCUT2D eigenvalue weighted by Crippen LogP contribution is -2.29. The molecule has 0 aliphatic heterocycles. The third kappa shape index (κ3) is 1.55. The van der Waals surface area contributed by atoms with Gasteiger partial charge in [-0.1, -0.05) is 0 Å². The Balaban J connectivity index is 2.21. The highest BCUT2D eigenvalue weighted by atomic mass is 16.3. The number of carbonyl (C=O) groups excluding carboxylic acids is 1. The molecular weight excluding hydrogens is 180 g/mol. The molecule has 1 heterocycles. The van der Waals surface area contributed by atoms with Crippen LogP contribution in [-0.2, 0) is 0 Å². The molecule has 1 aliphatic carbocycles. The molecule has 4 nitrogen and oxygen atoms in total. The lowest BCUT2D eigenvalue weighted by atomic mass is 10.3. The number of hydrogen-bond donors (Lipinski definition) is 1. The van der Waals surface area contributed by atoms with Crippen molar-refractivity contribution in [3.8, 4) is 5.75 Å². The second kappa shape index (κ2) is 3.29. The summed E-state index contributed by atoms with van der Waals surface area (Å²) in [6, 6.07) is 3.41. The maximum Gasteiger partial charge on any atom is 0.276 e. The Labute approximate surface area is 82.2 Å². The minimum atomic E-state index is -0.203. The fourth-order valence-electron chi connectivity index (χ4n) is 1.36. The highest BCUT2D eigenvalue weighted by Gasteiger charge is 2.31. The van der Waals surface area contributed by atoms with Crippen LogP contribution in [0.15, 0.2) is 18.3 Å². The molecular formula is C10H12N2O2. The molecule has 1 N–H and O–H groups in total. The fraction of sp³-hybridized carbons (Fsp3) is 0.400. The van der Waals surface area contributed by atoms with Gasteiger partial charge in [-0.2, -0.15) is 0 Å². The van der Waals surface area contributed by atoms with E-state index in [0.29, 0.717) is 6.04 Å². The summed E-state index contributed by atoms with van der Waals surface area (Å²) >= 11 is 0. The van der Waals surface area contributed by atoms with Crippen molar-refractivity contribution in [2.45, 2.75) is 18.9 Å². The zero-order valence-corrected chi connectivity index (χ0v) is 7.97. The van der Waals surface area contributed by atoms with Crippen LogP contribution in [0, 0.1) is 0 Å². The van der Waals surface area contributed by atoms with E-state index in [1.165, 1.54) is 12.3 Å². The van der Waals surface area contributed by atoms with Crippen LogP contribution in [0.5, 0.6) is 5.75 Å². The van der Waals surface area contributed by atoms with Crippen molar-refractivity contribution in [1.82, 2.24) is 9.88 Å². The molecule has 0 saturated heterocycles. The van der Waals surface area contributed by atoms with Crippen LogP contribution < -0.4 is 0 Å². The van der Waals surface area contributed by atoms with Gasteiger partial charge in [-0.15, -0.1) is 0 Å². The number of rotatable bonds is 2. The second-order valence-electron chi connectivity index (χ2n) is 3.52. The third-order valence-corrected chi connectivity index (χ3v) is 2.40. The summed E-state index contributed by atoms with van der Waals surface area (Å²) in [4.78, 5) is 17.3. The lowest BCUT2D eigenvalue weighted by Gasteiger charge is -2.15. The Morgan fingerprint density at radius 2 is 2.36 bits per heavy atom. The molecule has 0 bridgehead atoms. The van der Waals surface area contributed by atoms with Crippen molar-refractivity contribution in [3.63, 3.8) is 0 Å². The molecule has 1 aromatic heterocycles. The van der Waals surface area contributed by atoms with Crippen molar-refractivity contribution in [2.24, 2.45) is 0 Å². The van der Waals surface area contributed by atoms with Gasteiger partial charge in [-0.3, -0.25) is 4.79 Å². The van der Waals surface area contributed by atoms with Crippen molar-refractivity contribution in [1.29, 1.82) is 0 Å². The molecule has 0 spiro atoms. The summed E-state index contributed by atoms with van der Waals surface area (Å²) in [5.41, 5.74) is 0.141. The van der Waals surface area contributed by atoms with Crippen LogP contribution in [0.25, 0.3) is 0 Å². The topological polar surface area (TPSA) is 53.4 Å². The first-order valence-electron chi connectivity index (χ1n) is 4.61. The Kier molecular flexibility index (Phi) is 2.11. The normalized spacial score (nSPS) is 15.2. The summed E-state index contributed by atoms with van der Waals surface area (Å²) in [7, 11) is 1.74. The van der Waals surface area contributed by atoms with Gasteiger partial charge >= 0.3 is 0 Å². The van der Waals surface area contributed by atoms with Crippen molar-refractivity contribution in [2.75, 3.05) is 7.05 Å². The van der Waals surface area contributed by atoms with Crippen LogP contribution in [-0.4, -0.2) is 34.0 Å². The number of aromatic hydroxyl groups is 1. The largest absolute Gasteiger partial charge is 0.505 e. The molecule has 0 radical (unpaired) electrons. The van der Waals surface area contributed by atoms with Gasteiger partial charge in [-0.25, -0.2) is 4.98 Å². The first kappa shape index (κ1) is 8.99. The summed E-state index contributed by atoms with van der Waals surface area (Å²) < 4.78 is 0. The average molecular weight is 192 g/mol. The minimum absolute atomic E-state index is 0.0509. The first-order chi connectivity index (χ1) is 6.70. The number of aromatic nitrogens is 1. The van der Waals surface area contributed by atoms with E-state index in [0.717, 1.165) is 12.8 Å². The van der Waals surface area contributed by atoms with Crippen molar-refractivity contribution >= 4 is 5.91 Å². The van der Waals surface area contributed by atoms with Crippen LogP contribution in [0.4, 0.5) is 0 Å². The van der Waals surface area contributed by atoms with Gasteiger partial charge in [0.2, 0.25) is 0 Å². The molecule has 1 aromatic rings. The van der Waals surface area contributed by atoms with Crippen LogP contribution in [0.2, 0.25) is 0 Å². The van der Waals surface area contributed by atoms with Gasteiger partial charge in [-0.05, 0) is 25.0 Å². The van der Waals surface area contributed by atoms with E-state index in [1.54, 1.807) is 18.0 Å². The highest BCUT2D eigenvalue weighted by molar-refractivity contribution is 5.94. The van der Waals surface area contributed by atoms with Gasteiger partial charge in [0.1, 0.15) is 5.75 Å². The molecule has 1 fully saturated rings. The third-order valence-electron chi connectivity index (χ3n) is 2.40. The smallest absolute Gasteiger partial charge is 0.276 e. The second-order valence-corrected chi connectivity index (χ2v) is 3.52. The minimum Gasteiger partial charge on any atom is -0.505 e. The predicted molar refractivity (Wildman–Crippen MR) is 51.0 cm³/mol. The molecule has 2 rings (SSSR count). The van der Waals surface area contributed by atoms with E-state index in [4.69, 9.17) is 0 Å². The quantitative estimate of drug-likeness (QED) is 0.761. The summed E-state index contributed by atoms with van der Waals surface area (Å²) in [5.74, 6) is -0.254. The van der Waals surface area contributed by atoms with Crippen LogP contribution in [0.1, 0.15) is 23.3 Å². The fourth-order valence-corrected chi connectivity index (χ4v) is 1.36. The number of carbonyl (C=O) groups is 1. The van der Waals surface area contributed by atoms with E-state index in [9.17, 15) is 9.90 Å². The maximum absolute atomic E-state index is 11.8. The average Bonchev–Trinajstić information content (AvgIpc) is 3.00. The van der Waals surface area contributed by atoms with Gasteiger partial charge in [0.05, 0.1) is 0 Å². The van der Waals surface area contributed by atoms with Crippen molar-refractivity contribution in [3.05, 3.63) is 24.0 Å². The predicted octanol–water partition coefficient (Wildman–Crippen LogP) is 1.02. The maximum atomic E-state index is 11.8. The SMILES string of the molecule is CN(C(=O)c1ncccc1O)C1CC1. The highest BCUT2D eigenvalue weighted by Crippen LogP contribution is 2.27. The van der Waals surface area contributed by atoms with Crippen molar-refractivity contribution < 1.29 is 9.90 Å². The molecule has 14 heavy (non-hydrogen) atoms. The number of nitrogens with zero attached hydrogens (tertiary/aromatic N) is 2. The van der Waals surface area contributed by atoms with Crippen LogP contribution >= 0.6 is 0 Å². The van der Waals surface area contributed by atoms with Gasteiger partial charge in [0.25, 0.3) is 5.91 Å². The molecule has 74 valence electrons. The summed E-state index contributed by atoms with van der Waals surface area (Å²) in [5, 5.41) is 9.42. The van der Waals surface area contributed by atoms with E-state index in [1.807, 2.05) is 0 Å². The monoisotopic (exact) mass is 192 g/mol. The van der Waals surface area contributed by atoms with E-state index in [-0.39, 0.29) is 17.4 Å². The van der Waals surface area contributed by atoms with E-state index >= 15 is 0 Å².